The molecule has 1 aromatic rings. The highest BCUT2D eigenvalue weighted by Crippen LogP contribution is 2.24. The van der Waals surface area contributed by atoms with Gasteiger partial charge in [-0.1, -0.05) is 51.0 Å². The quantitative estimate of drug-likeness (QED) is 0.762. The molecule has 0 aliphatic carbocycles. The van der Waals surface area contributed by atoms with Crippen molar-refractivity contribution in [3.05, 3.63) is 35.4 Å². The summed E-state index contributed by atoms with van der Waals surface area (Å²) in [6.45, 7) is 5.25. The van der Waals surface area contributed by atoms with E-state index in [2.05, 4.69) is 38.1 Å². The smallest absolute Gasteiger partial charge is 0.0502 e. The summed E-state index contributed by atoms with van der Waals surface area (Å²) in [5.41, 5.74) is 8.87. The van der Waals surface area contributed by atoms with Crippen molar-refractivity contribution in [2.75, 3.05) is 13.7 Å². The van der Waals surface area contributed by atoms with Gasteiger partial charge in [-0.2, -0.15) is 0 Å². The Morgan fingerprint density at radius 2 is 1.89 bits per heavy atom. The third-order valence-electron chi connectivity index (χ3n) is 3.59. The van der Waals surface area contributed by atoms with Crippen LogP contribution in [0.3, 0.4) is 0 Å². The first kappa shape index (κ1) is 15.2. The number of unbranched alkanes of at least 4 members (excludes halogenated alkanes) is 1. The van der Waals surface area contributed by atoms with E-state index in [0.717, 1.165) is 13.0 Å². The van der Waals surface area contributed by atoms with Crippen LogP contribution < -0.4 is 5.73 Å². The SMILES string of the molecule is CCCCC(C)C(N)c1ccc(CCOC)cc1. The van der Waals surface area contributed by atoms with E-state index in [9.17, 15) is 0 Å². The van der Waals surface area contributed by atoms with E-state index >= 15 is 0 Å². The predicted octanol–water partition coefficient (Wildman–Crippen LogP) is 3.70. The number of benzene rings is 1. The van der Waals surface area contributed by atoms with Crippen molar-refractivity contribution in [1.82, 2.24) is 0 Å². The van der Waals surface area contributed by atoms with Crippen LogP contribution in [0.1, 0.15) is 50.3 Å². The zero-order valence-electron chi connectivity index (χ0n) is 12.0. The van der Waals surface area contributed by atoms with Crippen LogP contribution >= 0.6 is 0 Å². The molecular formula is C16H27NO. The van der Waals surface area contributed by atoms with Crippen LogP contribution in [0.4, 0.5) is 0 Å². The van der Waals surface area contributed by atoms with Gasteiger partial charge in [0.15, 0.2) is 0 Å². The number of hydrogen-bond donors (Lipinski definition) is 1. The van der Waals surface area contributed by atoms with Gasteiger partial charge in [0.05, 0.1) is 6.61 Å². The summed E-state index contributed by atoms with van der Waals surface area (Å²) >= 11 is 0. The van der Waals surface area contributed by atoms with Crippen molar-refractivity contribution in [3.8, 4) is 0 Å². The maximum Gasteiger partial charge on any atom is 0.0502 e. The lowest BCUT2D eigenvalue weighted by molar-refractivity contribution is 0.202. The molecule has 0 radical (unpaired) electrons. The Morgan fingerprint density at radius 3 is 2.44 bits per heavy atom. The van der Waals surface area contributed by atoms with Gasteiger partial charge in [0.1, 0.15) is 0 Å². The van der Waals surface area contributed by atoms with Gasteiger partial charge in [0.2, 0.25) is 0 Å². The minimum atomic E-state index is 0.160. The van der Waals surface area contributed by atoms with Gasteiger partial charge in [-0.15, -0.1) is 0 Å². The molecule has 0 aromatic heterocycles. The lowest BCUT2D eigenvalue weighted by Crippen LogP contribution is -2.19. The Kier molecular flexibility index (Phi) is 6.99. The van der Waals surface area contributed by atoms with Crippen molar-refractivity contribution < 1.29 is 4.74 Å². The van der Waals surface area contributed by atoms with E-state index in [1.54, 1.807) is 7.11 Å². The maximum atomic E-state index is 6.30. The van der Waals surface area contributed by atoms with Gasteiger partial charge >= 0.3 is 0 Å². The summed E-state index contributed by atoms with van der Waals surface area (Å²) in [5.74, 6) is 0.551. The molecule has 0 amide bonds. The Hall–Kier alpha value is -0.860. The predicted molar refractivity (Wildman–Crippen MR) is 77.6 cm³/mol. The summed E-state index contributed by atoms with van der Waals surface area (Å²) in [4.78, 5) is 0. The van der Waals surface area contributed by atoms with Crippen molar-refractivity contribution in [2.24, 2.45) is 11.7 Å². The van der Waals surface area contributed by atoms with Crippen LogP contribution in [0.15, 0.2) is 24.3 Å². The van der Waals surface area contributed by atoms with Crippen LogP contribution in [0.25, 0.3) is 0 Å². The third-order valence-corrected chi connectivity index (χ3v) is 3.59. The molecule has 2 heteroatoms. The highest BCUT2D eigenvalue weighted by Gasteiger charge is 2.14. The molecule has 0 aliphatic rings. The van der Waals surface area contributed by atoms with Gasteiger partial charge in [0, 0.05) is 13.2 Å². The minimum absolute atomic E-state index is 0.160. The Balaban J connectivity index is 2.55. The molecule has 2 atom stereocenters. The molecule has 2 unspecified atom stereocenters. The highest BCUT2D eigenvalue weighted by atomic mass is 16.5. The second-order valence-corrected chi connectivity index (χ2v) is 5.13. The summed E-state index contributed by atoms with van der Waals surface area (Å²) in [7, 11) is 1.74. The van der Waals surface area contributed by atoms with Crippen LogP contribution in [-0.2, 0) is 11.2 Å². The average molecular weight is 249 g/mol. The molecule has 102 valence electrons. The highest BCUT2D eigenvalue weighted by molar-refractivity contribution is 5.25. The van der Waals surface area contributed by atoms with E-state index in [1.807, 2.05) is 0 Å². The molecule has 18 heavy (non-hydrogen) atoms. The normalized spacial score (nSPS) is 14.4. The van der Waals surface area contributed by atoms with Crippen LogP contribution in [0.5, 0.6) is 0 Å². The summed E-state index contributed by atoms with van der Waals surface area (Å²) in [6.07, 6.45) is 4.69. The first-order chi connectivity index (χ1) is 8.69. The Morgan fingerprint density at radius 1 is 1.22 bits per heavy atom. The number of nitrogens with two attached hydrogens (primary N) is 1. The van der Waals surface area contributed by atoms with Crippen molar-refractivity contribution in [1.29, 1.82) is 0 Å². The molecule has 0 saturated carbocycles. The topological polar surface area (TPSA) is 35.2 Å². The van der Waals surface area contributed by atoms with Crippen molar-refractivity contribution in [2.45, 2.75) is 45.6 Å². The number of methoxy groups -OCH3 is 1. The molecular weight excluding hydrogens is 222 g/mol. The molecule has 0 spiro atoms. The second-order valence-electron chi connectivity index (χ2n) is 5.13. The molecule has 2 nitrogen and oxygen atoms in total. The van der Waals surface area contributed by atoms with Crippen molar-refractivity contribution in [3.63, 3.8) is 0 Å². The molecule has 0 aliphatic heterocycles. The molecule has 0 bridgehead atoms. The van der Waals surface area contributed by atoms with Gasteiger partial charge in [0.25, 0.3) is 0 Å². The molecule has 0 heterocycles. The molecule has 1 rings (SSSR count). The monoisotopic (exact) mass is 249 g/mol. The molecule has 0 saturated heterocycles. The van der Waals surface area contributed by atoms with Gasteiger partial charge in [-0.3, -0.25) is 0 Å². The van der Waals surface area contributed by atoms with Crippen LogP contribution in [0.2, 0.25) is 0 Å². The Bertz CT molecular complexity index is 320. The summed E-state index contributed by atoms with van der Waals surface area (Å²) in [5, 5.41) is 0. The first-order valence-electron chi connectivity index (χ1n) is 7.02. The summed E-state index contributed by atoms with van der Waals surface area (Å²) in [6, 6.07) is 8.82. The van der Waals surface area contributed by atoms with Crippen molar-refractivity contribution >= 4 is 0 Å². The second kappa shape index (κ2) is 8.28. The average Bonchev–Trinajstić information content (AvgIpc) is 2.42. The maximum absolute atomic E-state index is 6.30. The number of rotatable bonds is 8. The summed E-state index contributed by atoms with van der Waals surface area (Å²) < 4.78 is 5.08. The zero-order chi connectivity index (χ0) is 13.4. The van der Waals surface area contributed by atoms with Gasteiger partial charge < -0.3 is 10.5 Å². The largest absolute Gasteiger partial charge is 0.384 e. The van der Waals surface area contributed by atoms with E-state index in [-0.39, 0.29) is 6.04 Å². The van der Waals surface area contributed by atoms with E-state index in [0.29, 0.717) is 5.92 Å². The van der Waals surface area contributed by atoms with Crippen LogP contribution in [0, 0.1) is 5.92 Å². The number of hydrogen-bond acceptors (Lipinski definition) is 2. The first-order valence-corrected chi connectivity index (χ1v) is 7.02. The third kappa shape index (κ3) is 4.79. The standard InChI is InChI=1S/C16H27NO/c1-4-5-6-13(2)16(17)15-9-7-14(8-10-15)11-12-18-3/h7-10,13,16H,4-6,11-12,17H2,1-3H3. The molecule has 2 N–H and O–H groups in total. The molecule has 0 fully saturated rings. The lowest BCUT2D eigenvalue weighted by Gasteiger charge is -2.20. The van der Waals surface area contributed by atoms with Gasteiger partial charge in [-0.05, 0) is 29.9 Å². The van der Waals surface area contributed by atoms with E-state index < -0.39 is 0 Å². The fourth-order valence-electron chi connectivity index (χ4n) is 2.16. The zero-order valence-corrected chi connectivity index (χ0v) is 12.0. The van der Waals surface area contributed by atoms with E-state index in [4.69, 9.17) is 10.5 Å². The van der Waals surface area contributed by atoms with E-state index in [1.165, 1.54) is 30.4 Å². The van der Waals surface area contributed by atoms with Gasteiger partial charge in [-0.25, -0.2) is 0 Å². The molecule has 1 aromatic carbocycles. The lowest BCUT2D eigenvalue weighted by atomic mass is 9.90. The van der Waals surface area contributed by atoms with Crippen LogP contribution in [-0.4, -0.2) is 13.7 Å². The number of ether oxygens (including phenoxy) is 1. The fraction of sp³-hybridized carbons (Fsp3) is 0.625. The minimum Gasteiger partial charge on any atom is -0.384 e. The Labute approximate surface area is 112 Å². The fourth-order valence-corrected chi connectivity index (χ4v) is 2.16.